The van der Waals surface area contributed by atoms with E-state index >= 15 is 0 Å². The zero-order valence-electron chi connectivity index (χ0n) is 37.7. The smallest absolute Gasteiger partial charge is 0.220 e. The molecule has 0 fully saturated rings. The summed E-state index contributed by atoms with van der Waals surface area (Å²) in [6, 6.07) is -0.534. The summed E-state index contributed by atoms with van der Waals surface area (Å²) < 4.78 is 0. The van der Waals surface area contributed by atoms with Crippen LogP contribution in [-0.4, -0.2) is 34.9 Å². The molecular weight excluding hydrogens is 687 g/mol. The number of hydrogen-bond acceptors (Lipinski definition) is 3. The van der Waals surface area contributed by atoms with E-state index in [1.807, 2.05) is 0 Å². The number of aliphatic hydroxyl groups excluding tert-OH is 2. The largest absolute Gasteiger partial charge is 0.394 e. The first kappa shape index (κ1) is 54.3. The van der Waals surface area contributed by atoms with Gasteiger partial charge in [0.2, 0.25) is 5.91 Å². The van der Waals surface area contributed by atoms with Crippen molar-refractivity contribution in [3.63, 3.8) is 0 Å². The van der Waals surface area contributed by atoms with Crippen LogP contribution in [0, 0.1) is 0 Å². The predicted molar refractivity (Wildman–Crippen MR) is 248 cm³/mol. The summed E-state index contributed by atoms with van der Waals surface area (Å²) in [4.78, 5) is 12.4. The highest BCUT2D eigenvalue weighted by atomic mass is 16.3. The van der Waals surface area contributed by atoms with Gasteiger partial charge in [0.15, 0.2) is 0 Å². The third-order valence-electron chi connectivity index (χ3n) is 11.4. The molecule has 0 aliphatic carbocycles. The van der Waals surface area contributed by atoms with Crippen molar-refractivity contribution in [2.24, 2.45) is 0 Å². The molecule has 0 aliphatic heterocycles. The van der Waals surface area contributed by atoms with Gasteiger partial charge in [-0.25, -0.2) is 0 Å². The molecule has 0 saturated carbocycles. The Hall–Kier alpha value is -1.65. The maximum absolute atomic E-state index is 12.4. The van der Waals surface area contributed by atoms with Gasteiger partial charge in [-0.1, -0.05) is 249 Å². The summed E-state index contributed by atoms with van der Waals surface area (Å²) in [7, 11) is 0. The zero-order chi connectivity index (χ0) is 40.7. The molecule has 1 amide bonds. The van der Waals surface area contributed by atoms with Crippen LogP contribution in [0.5, 0.6) is 0 Å². The van der Waals surface area contributed by atoms with Gasteiger partial charge >= 0.3 is 0 Å². The van der Waals surface area contributed by atoms with Crippen LogP contribution in [0.15, 0.2) is 48.6 Å². The highest BCUT2D eigenvalue weighted by Crippen LogP contribution is 2.17. The maximum atomic E-state index is 12.4. The Morgan fingerprint density at radius 2 is 0.786 bits per heavy atom. The lowest BCUT2D eigenvalue weighted by Crippen LogP contribution is -2.45. The molecule has 0 radical (unpaired) electrons. The molecule has 0 rings (SSSR count). The Morgan fingerprint density at radius 1 is 0.446 bits per heavy atom. The quantitative estimate of drug-likeness (QED) is 0.0425. The lowest BCUT2D eigenvalue weighted by atomic mass is 10.0. The number of nitrogens with one attached hydrogen (secondary N) is 1. The van der Waals surface area contributed by atoms with E-state index in [9.17, 15) is 15.0 Å². The van der Waals surface area contributed by atoms with Crippen LogP contribution in [0.1, 0.15) is 258 Å². The molecule has 0 spiro atoms. The van der Waals surface area contributed by atoms with E-state index < -0.39 is 12.1 Å². The second kappa shape index (κ2) is 47.7. The topological polar surface area (TPSA) is 69.6 Å². The number of carbonyl (C=O) groups is 1. The fourth-order valence-electron chi connectivity index (χ4n) is 7.59. The third-order valence-corrected chi connectivity index (χ3v) is 11.4. The van der Waals surface area contributed by atoms with Gasteiger partial charge in [0.1, 0.15) is 0 Å². The minimum atomic E-state index is -0.657. The number of allylic oxidation sites excluding steroid dienone is 8. The molecule has 0 aliphatic rings. The molecule has 328 valence electrons. The van der Waals surface area contributed by atoms with Crippen LogP contribution in [0.4, 0.5) is 0 Å². The number of aliphatic hydroxyl groups is 2. The summed E-state index contributed by atoms with van der Waals surface area (Å²) in [6.07, 6.45) is 65.0. The molecule has 3 N–H and O–H groups in total. The summed E-state index contributed by atoms with van der Waals surface area (Å²) in [5.41, 5.74) is 0. The number of carbonyl (C=O) groups excluding carboxylic acids is 1. The molecule has 56 heavy (non-hydrogen) atoms. The summed E-state index contributed by atoms with van der Waals surface area (Å²) in [6.45, 7) is 4.25. The van der Waals surface area contributed by atoms with E-state index in [1.54, 1.807) is 0 Å². The van der Waals surface area contributed by atoms with Crippen molar-refractivity contribution >= 4 is 5.91 Å². The van der Waals surface area contributed by atoms with Gasteiger partial charge in [-0.05, 0) is 51.4 Å². The highest BCUT2D eigenvalue weighted by molar-refractivity contribution is 5.76. The average Bonchev–Trinajstić information content (AvgIpc) is 3.20. The van der Waals surface area contributed by atoms with Crippen molar-refractivity contribution in [1.29, 1.82) is 0 Å². The molecule has 0 bridgehead atoms. The Labute approximate surface area is 350 Å². The van der Waals surface area contributed by atoms with Crippen LogP contribution >= 0.6 is 0 Å². The SMILES string of the molecule is CC/C=C\C/C=C\C/C=C\C/C=C\CCCCCCCCCCCCCCCCCCCCC(=O)NC(CO)C(O)CCCCCCCCCCCCCCC. The van der Waals surface area contributed by atoms with Crippen LogP contribution in [0.2, 0.25) is 0 Å². The Balaban J connectivity index is 3.43. The summed E-state index contributed by atoms with van der Waals surface area (Å²) in [5.74, 6) is -0.0300. The van der Waals surface area contributed by atoms with Crippen LogP contribution in [0.25, 0.3) is 0 Å². The molecule has 4 nitrogen and oxygen atoms in total. The molecule has 4 heteroatoms. The van der Waals surface area contributed by atoms with Crippen LogP contribution in [-0.2, 0) is 4.79 Å². The molecule has 0 aromatic heterocycles. The van der Waals surface area contributed by atoms with Crippen LogP contribution in [0.3, 0.4) is 0 Å². The third kappa shape index (κ3) is 43.5. The highest BCUT2D eigenvalue weighted by Gasteiger charge is 2.20. The fraction of sp³-hybridized carbons (Fsp3) is 0.827. The second-order valence-electron chi connectivity index (χ2n) is 16.9. The molecular formula is C52H97NO3. The lowest BCUT2D eigenvalue weighted by Gasteiger charge is -2.22. The van der Waals surface area contributed by atoms with Gasteiger partial charge < -0.3 is 15.5 Å². The van der Waals surface area contributed by atoms with Gasteiger partial charge in [0.05, 0.1) is 18.8 Å². The van der Waals surface area contributed by atoms with E-state index in [-0.39, 0.29) is 12.5 Å². The predicted octanol–water partition coefficient (Wildman–Crippen LogP) is 15.9. The van der Waals surface area contributed by atoms with Gasteiger partial charge in [0.25, 0.3) is 0 Å². The molecule has 0 saturated heterocycles. The lowest BCUT2D eigenvalue weighted by molar-refractivity contribution is -0.123. The number of amides is 1. The minimum absolute atomic E-state index is 0.0300. The number of rotatable bonds is 45. The summed E-state index contributed by atoms with van der Waals surface area (Å²) in [5, 5.41) is 23.2. The molecule has 0 aromatic rings. The number of hydrogen-bond donors (Lipinski definition) is 3. The van der Waals surface area contributed by atoms with Crippen molar-refractivity contribution in [1.82, 2.24) is 5.32 Å². The van der Waals surface area contributed by atoms with E-state index in [0.717, 1.165) is 51.4 Å². The van der Waals surface area contributed by atoms with Crippen molar-refractivity contribution < 1.29 is 15.0 Å². The van der Waals surface area contributed by atoms with Crippen LogP contribution < -0.4 is 5.32 Å². The first-order valence-corrected chi connectivity index (χ1v) is 24.8. The van der Waals surface area contributed by atoms with E-state index in [0.29, 0.717) is 12.8 Å². The van der Waals surface area contributed by atoms with E-state index in [4.69, 9.17) is 0 Å². The second-order valence-corrected chi connectivity index (χ2v) is 16.9. The normalized spacial score (nSPS) is 13.3. The average molecular weight is 784 g/mol. The Kier molecular flexibility index (Phi) is 46.3. The van der Waals surface area contributed by atoms with Crippen molar-refractivity contribution in [3.05, 3.63) is 48.6 Å². The van der Waals surface area contributed by atoms with Gasteiger partial charge in [-0.15, -0.1) is 0 Å². The first-order valence-electron chi connectivity index (χ1n) is 24.8. The van der Waals surface area contributed by atoms with E-state index in [2.05, 4.69) is 67.8 Å². The van der Waals surface area contributed by atoms with Gasteiger partial charge in [-0.3, -0.25) is 4.79 Å². The summed E-state index contributed by atoms with van der Waals surface area (Å²) >= 11 is 0. The van der Waals surface area contributed by atoms with Gasteiger partial charge in [-0.2, -0.15) is 0 Å². The molecule has 2 atom stereocenters. The molecule has 0 aromatic carbocycles. The van der Waals surface area contributed by atoms with E-state index in [1.165, 1.54) is 180 Å². The molecule has 0 heterocycles. The maximum Gasteiger partial charge on any atom is 0.220 e. The minimum Gasteiger partial charge on any atom is -0.394 e. The van der Waals surface area contributed by atoms with Gasteiger partial charge in [0, 0.05) is 6.42 Å². The van der Waals surface area contributed by atoms with Crippen molar-refractivity contribution in [3.8, 4) is 0 Å². The van der Waals surface area contributed by atoms with Crippen molar-refractivity contribution in [2.45, 2.75) is 270 Å². The Bertz CT molecular complexity index is 893. The zero-order valence-corrected chi connectivity index (χ0v) is 37.7. The fourth-order valence-corrected chi connectivity index (χ4v) is 7.59. The van der Waals surface area contributed by atoms with Crippen molar-refractivity contribution in [2.75, 3.05) is 6.61 Å². The standard InChI is InChI=1S/C52H97NO3/c1-3-5-7-9-11-13-15-17-18-19-20-21-22-23-24-25-26-27-28-29-30-31-32-33-34-36-38-40-42-44-46-48-52(56)53-50(49-54)51(55)47-45-43-41-39-37-35-16-14-12-10-8-6-4-2/h5,7,11,13,17-18,20-21,50-51,54-55H,3-4,6,8-10,12,14-16,19,22-49H2,1-2H3,(H,53,56)/b7-5-,13-11-,18-17-,21-20-. The number of unbranched alkanes of at least 4 members (excludes halogenated alkanes) is 30. The Morgan fingerprint density at radius 3 is 1.18 bits per heavy atom. The first-order chi connectivity index (χ1) is 27.7. The molecule has 2 unspecified atom stereocenters. The monoisotopic (exact) mass is 784 g/mol.